The van der Waals surface area contributed by atoms with Crippen molar-refractivity contribution >= 4 is 15.9 Å². The van der Waals surface area contributed by atoms with Gasteiger partial charge in [0.1, 0.15) is 5.75 Å². The molecule has 3 heteroatoms. The molecule has 0 aromatic heterocycles. The van der Waals surface area contributed by atoms with Crippen LogP contribution >= 0.6 is 15.9 Å². The minimum atomic E-state index is 0.549. The number of alkyl halides is 1. The zero-order valence-electron chi connectivity index (χ0n) is 10.9. The Kier molecular flexibility index (Phi) is 6.60. The van der Waals surface area contributed by atoms with Crippen LogP contribution in [0.4, 0.5) is 0 Å². The maximum Gasteiger partial charge on any atom is 0.118 e. The first kappa shape index (κ1) is 14.5. The number of ether oxygens (including phenoxy) is 1. The second kappa shape index (κ2) is 7.72. The van der Waals surface area contributed by atoms with Crippen molar-refractivity contribution < 1.29 is 4.74 Å². The van der Waals surface area contributed by atoms with Crippen LogP contribution < -0.4 is 10.1 Å². The zero-order chi connectivity index (χ0) is 12.7. The molecule has 0 spiro atoms. The standard InChI is InChI=1S/C14H22BrNO/c1-11(10-15)12(2)16-9-8-13-4-6-14(17-3)7-5-13/h4-7,11-12,16H,8-10H2,1-3H3. The van der Waals surface area contributed by atoms with Gasteiger partial charge < -0.3 is 10.1 Å². The molecule has 1 N–H and O–H groups in total. The molecule has 0 aliphatic carbocycles. The van der Waals surface area contributed by atoms with Crippen LogP contribution in [0.15, 0.2) is 24.3 Å². The molecule has 0 bridgehead atoms. The van der Waals surface area contributed by atoms with Gasteiger partial charge in [-0.3, -0.25) is 0 Å². The third-order valence-electron chi connectivity index (χ3n) is 3.14. The Morgan fingerprint density at radius 1 is 1.24 bits per heavy atom. The van der Waals surface area contributed by atoms with Crippen molar-refractivity contribution in [3.8, 4) is 5.75 Å². The van der Waals surface area contributed by atoms with E-state index in [2.05, 4.69) is 47.2 Å². The number of hydrogen-bond acceptors (Lipinski definition) is 2. The third-order valence-corrected chi connectivity index (χ3v) is 4.16. The highest BCUT2D eigenvalue weighted by Crippen LogP contribution is 2.11. The second-order valence-electron chi connectivity index (χ2n) is 4.47. The maximum absolute atomic E-state index is 5.14. The number of benzene rings is 1. The Morgan fingerprint density at radius 2 is 1.88 bits per heavy atom. The van der Waals surface area contributed by atoms with Gasteiger partial charge >= 0.3 is 0 Å². The smallest absolute Gasteiger partial charge is 0.118 e. The average molecular weight is 300 g/mol. The molecule has 0 aliphatic heterocycles. The van der Waals surface area contributed by atoms with E-state index in [1.165, 1.54) is 5.56 Å². The van der Waals surface area contributed by atoms with Crippen LogP contribution in [0.25, 0.3) is 0 Å². The van der Waals surface area contributed by atoms with Gasteiger partial charge in [0.05, 0.1) is 7.11 Å². The lowest BCUT2D eigenvalue weighted by molar-refractivity contribution is 0.414. The first-order valence-corrected chi connectivity index (χ1v) is 7.21. The summed E-state index contributed by atoms with van der Waals surface area (Å²) in [5, 5.41) is 4.59. The summed E-state index contributed by atoms with van der Waals surface area (Å²) in [6, 6.07) is 8.82. The number of hydrogen-bond donors (Lipinski definition) is 1. The van der Waals surface area contributed by atoms with Gasteiger partial charge in [-0.05, 0) is 43.5 Å². The predicted octanol–water partition coefficient (Wildman–Crippen LogP) is 3.25. The topological polar surface area (TPSA) is 21.3 Å². The van der Waals surface area contributed by atoms with Crippen molar-refractivity contribution in [2.24, 2.45) is 5.92 Å². The molecule has 2 atom stereocenters. The maximum atomic E-state index is 5.14. The Morgan fingerprint density at radius 3 is 2.41 bits per heavy atom. The third kappa shape index (κ3) is 5.09. The summed E-state index contributed by atoms with van der Waals surface area (Å²) < 4.78 is 5.14. The van der Waals surface area contributed by atoms with Gasteiger partial charge in [-0.25, -0.2) is 0 Å². The monoisotopic (exact) mass is 299 g/mol. The summed E-state index contributed by atoms with van der Waals surface area (Å²) in [5.74, 6) is 1.58. The lowest BCUT2D eigenvalue weighted by Gasteiger charge is -2.19. The minimum Gasteiger partial charge on any atom is -0.497 e. The van der Waals surface area contributed by atoms with Crippen LogP contribution in [0.5, 0.6) is 5.75 Å². The van der Waals surface area contributed by atoms with Crippen molar-refractivity contribution in [3.63, 3.8) is 0 Å². The van der Waals surface area contributed by atoms with Crippen LogP contribution in [0.1, 0.15) is 19.4 Å². The van der Waals surface area contributed by atoms with Gasteiger partial charge in [-0.1, -0.05) is 35.0 Å². The molecule has 96 valence electrons. The van der Waals surface area contributed by atoms with E-state index in [9.17, 15) is 0 Å². The van der Waals surface area contributed by atoms with Crippen LogP contribution in [0, 0.1) is 5.92 Å². The Bertz CT molecular complexity index is 313. The fourth-order valence-corrected chi connectivity index (χ4v) is 2.13. The number of halogens is 1. The van der Waals surface area contributed by atoms with Gasteiger partial charge in [-0.15, -0.1) is 0 Å². The van der Waals surface area contributed by atoms with Crippen LogP contribution in [0.2, 0.25) is 0 Å². The van der Waals surface area contributed by atoms with Crippen molar-refractivity contribution in [1.82, 2.24) is 5.32 Å². The molecule has 17 heavy (non-hydrogen) atoms. The highest BCUT2D eigenvalue weighted by atomic mass is 79.9. The van der Waals surface area contributed by atoms with E-state index >= 15 is 0 Å². The molecule has 1 rings (SSSR count). The fourth-order valence-electron chi connectivity index (χ4n) is 1.57. The summed E-state index contributed by atoms with van der Waals surface area (Å²) >= 11 is 3.51. The summed E-state index contributed by atoms with van der Waals surface area (Å²) in [6.45, 7) is 5.50. The molecule has 1 aromatic rings. The van der Waals surface area contributed by atoms with Gasteiger partial charge in [-0.2, -0.15) is 0 Å². The number of nitrogens with one attached hydrogen (secondary N) is 1. The van der Waals surface area contributed by atoms with E-state index in [0.29, 0.717) is 12.0 Å². The molecule has 0 aliphatic rings. The molecule has 0 amide bonds. The molecule has 1 aromatic carbocycles. The molecule has 0 saturated heterocycles. The Labute approximate surface area is 113 Å². The molecule has 0 fully saturated rings. The molecule has 2 nitrogen and oxygen atoms in total. The van der Waals surface area contributed by atoms with E-state index in [0.717, 1.165) is 24.0 Å². The van der Waals surface area contributed by atoms with Crippen molar-refractivity contribution in [2.75, 3.05) is 19.0 Å². The fraction of sp³-hybridized carbons (Fsp3) is 0.571. The van der Waals surface area contributed by atoms with E-state index < -0.39 is 0 Å². The Hall–Kier alpha value is -0.540. The van der Waals surface area contributed by atoms with Crippen LogP contribution in [-0.2, 0) is 6.42 Å². The SMILES string of the molecule is COc1ccc(CCNC(C)C(C)CBr)cc1. The van der Waals surface area contributed by atoms with Crippen molar-refractivity contribution in [3.05, 3.63) is 29.8 Å². The number of methoxy groups -OCH3 is 1. The van der Waals surface area contributed by atoms with E-state index in [1.54, 1.807) is 7.11 Å². The van der Waals surface area contributed by atoms with Crippen LogP contribution in [0.3, 0.4) is 0 Å². The molecular formula is C14H22BrNO. The largest absolute Gasteiger partial charge is 0.497 e. The average Bonchev–Trinajstić information content (AvgIpc) is 2.38. The van der Waals surface area contributed by atoms with Crippen molar-refractivity contribution in [1.29, 1.82) is 0 Å². The molecule has 0 saturated carbocycles. The number of rotatable bonds is 7. The van der Waals surface area contributed by atoms with Gasteiger partial charge in [0.2, 0.25) is 0 Å². The van der Waals surface area contributed by atoms with E-state index in [4.69, 9.17) is 4.74 Å². The highest BCUT2D eigenvalue weighted by molar-refractivity contribution is 9.09. The van der Waals surface area contributed by atoms with Gasteiger partial charge in [0.15, 0.2) is 0 Å². The second-order valence-corrected chi connectivity index (χ2v) is 5.12. The molecule has 0 heterocycles. The van der Waals surface area contributed by atoms with Gasteiger partial charge in [0.25, 0.3) is 0 Å². The first-order valence-electron chi connectivity index (χ1n) is 6.09. The van der Waals surface area contributed by atoms with E-state index in [1.807, 2.05) is 12.1 Å². The summed E-state index contributed by atoms with van der Waals surface area (Å²) in [5.41, 5.74) is 1.34. The van der Waals surface area contributed by atoms with Crippen molar-refractivity contribution in [2.45, 2.75) is 26.3 Å². The lowest BCUT2D eigenvalue weighted by atomic mass is 10.1. The van der Waals surface area contributed by atoms with E-state index in [-0.39, 0.29) is 0 Å². The normalized spacial score (nSPS) is 14.4. The molecule has 2 unspecified atom stereocenters. The predicted molar refractivity (Wildman–Crippen MR) is 77.1 cm³/mol. The summed E-state index contributed by atoms with van der Waals surface area (Å²) in [6.07, 6.45) is 1.06. The minimum absolute atomic E-state index is 0.549. The van der Waals surface area contributed by atoms with Crippen LogP contribution in [-0.4, -0.2) is 25.0 Å². The quantitative estimate of drug-likeness (QED) is 0.781. The Balaban J connectivity index is 2.30. The zero-order valence-corrected chi connectivity index (χ0v) is 12.5. The summed E-state index contributed by atoms with van der Waals surface area (Å²) in [4.78, 5) is 0. The highest BCUT2D eigenvalue weighted by Gasteiger charge is 2.09. The summed E-state index contributed by atoms with van der Waals surface area (Å²) in [7, 11) is 1.69. The first-order chi connectivity index (χ1) is 8.17. The molecular weight excluding hydrogens is 278 g/mol. The lowest BCUT2D eigenvalue weighted by Crippen LogP contribution is -2.34. The van der Waals surface area contributed by atoms with Gasteiger partial charge in [0, 0.05) is 11.4 Å². The molecule has 0 radical (unpaired) electrons.